The van der Waals surface area contributed by atoms with Gasteiger partial charge in [-0.05, 0) is 55.6 Å². The molecular weight excluding hydrogens is 423 g/mol. The summed E-state index contributed by atoms with van der Waals surface area (Å²) in [5, 5.41) is 11.2. The fourth-order valence-electron chi connectivity index (χ4n) is 1.58. The molecule has 0 bridgehead atoms. The average molecular weight is 431 g/mol. The highest BCUT2D eigenvalue weighted by Gasteiger charge is 2.15. The van der Waals surface area contributed by atoms with Crippen molar-refractivity contribution in [3.63, 3.8) is 0 Å². The lowest BCUT2D eigenvalue weighted by molar-refractivity contribution is 0.178. The number of rotatable bonds is 3. The van der Waals surface area contributed by atoms with Crippen LogP contribution in [-0.2, 0) is 6.42 Å². The number of aliphatic hydroxyl groups is 1. The summed E-state index contributed by atoms with van der Waals surface area (Å²) in [6.07, 6.45) is -0.0715. The normalized spacial score (nSPS) is 12.7. The van der Waals surface area contributed by atoms with Gasteiger partial charge in [-0.2, -0.15) is 0 Å². The summed E-state index contributed by atoms with van der Waals surface area (Å²) in [4.78, 5) is 0. The third-order valence-corrected chi connectivity index (χ3v) is 5.58. The fourth-order valence-corrected chi connectivity index (χ4v) is 4.86. The Morgan fingerprint density at radius 2 is 1.89 bits per heavy atom. The highest BCUT2D eigenvalue weighted by atomic mass is 79.9. The topological polar surface area (TPSA) is 20.2 Å². The molecule has 18 heavy (non-hydrogen) atoms. The van der Waals surface area contributed by atoms with Crippen molar-refractivity contribution in [3.05, 3.63) is 53.0 Å². The van der Waals surface area contributed by atoms with Crippen LogP contribution in [0.5, 0.6) is 0 Å². The van der Waals surface area contributed by atoms with E-state index >= 15 is 0 Å². The van der Waals surface area contributed by atoms with Crippen LogP contribution in [-0.4, -0.2) is 5.11 Å². The van der Waals surface area contributed by atoms with E-state index in [0.717, 1.165) is 18.7 Å². The standard InChI is InChI=1S/C12H8Br2Cl2OS/c13-11-5-7(12(14)18-11)10(17)4-6-1-2-8(15)9(16)3-6/h1-3,5,10,17H,4H2. The number of hydrogen-bond donors (Lipinski definition) is 1. The van der Waals surface area contributed by atoms with Crippen molar-refractivity contribution in [2.75, 3.05) is 0 Å². The molecule has 0 aliphatic rings. The van der Waals surface area contributed by atoms with Gasteiger partial charge in [-0.1, -0.05) is 29.3 Å². The van der Waals surface area contributed by atoms with Gasteiger partial charge in [0.05, 0.1) is 23.7 Å². The number of hydrogen-bond acceptors (Lipinski definition) is 2. The van der Waals surface area contributed by atoms with E-state index in [1.807, 2.05) is 12.1 Å². The van der Waals surface area contributed by atoms with E-state index in [1.165, 1.54) is 11.3 Å². The summed E-state index contributed by atoms with van der Waals surface area (Å²) >= 11 is 20.2. The van der Waals surface area contributed by atoms with Crippen molar-refractivity contribution in [2.24, 2.45) is 0 Å². The molecule has 0 saturated carbocycles. The van der Waals surface area contributed by atoms with Gasteiger partial charge in [0.2, 0.25) is 0 Å². The molecule has 0 spiro atoms. The molecular formula is C12H8Br2Cl2OS. The van der Waals surface area contributed by atoms with Crippen LogP contribution in [0, 0.1) is 0 Å². The van der Waals surface area contributed by atoms with Crippen molar-refractivity contribution >= 4 is 66.4 Å². The van der Waals surface area contributed by atoms with E-state index in [4.69, 9.17) is 23.2 Å². The number of thiophene rings is 1. The molecule has 1 aromatic carbocycles. The number of aliphatic hydroxyl groups excluding tert-OH is 1. The average Bonchev–Trinajstić information content (AvgIpc) is 2.63. The molecule has 2 rings (SSSR count). The molecule has 0 radical (unpaired) electrons. The third-order valence-electron chi connectivity index (χ3n) is 2.46. The Morgan fingerprint density at radius 3 is 2.44 bits per heavy atom. The lowest BCUT2D eigenvalue weighted by atomic mass is 10.0. The van der Waals surface area contributed by atoms with Gasteiger partial charge in [0, 0.05) is 12.0 Å². The Balaban J connectivity index is 2.18. The maximum atomic E-state index is 10.2. The molecule has 0 aliphatic heterocycles. The van der Waals surface area contributed by atoms with Crippen LogP contribution in [0.3, 0.4) is 0 Å². The zero-order valence-electron chi connectivity index (χ0n) is 8.96. The molecule has 0 amide bonds. The summed E-state index contributed by atoms with van der Waals surface area (Å²) < 4.78 is 1.92. The van der Waals surface area contributed by atoms with Gasteiger partial charge in [0.1, 0.15) is 0 Å². The van der Waals surface area contributed by atoms with E-state index in [2.05, 4.69) is 31.9 Å². The zero-order chi connectivity index (χ0) is 13.3. The minimum atomic E-state index is -0.570. The summed E-state index contributed by atoms with van der Waals surface area (Å²) in [6, 6.07) is 7.30. The highest BCUT2D eigenvalue weighted by Crippen LogP contribution is 2.36. The minimum Gasteiger partial charge on any atom is -0.388 e. The molecule has 1 nitrogen and oxygen atoms in total. The van der Waals surface area contributed by atoms with Crippen molar-refractivity contribution in [3.8, 4) is 0 Å². The van der Waals surface area contributed by atoms with Crippen molar-refractivity contribution < 1.29 is 5.11 Å². The van der Waals surface area contributed by atoms with Gasteiger partial charge in [-0.3, -0.25) is 0 Å². The summed E-state index contributed by atoms with van der Waals surface area (Å²) in [5.74, 6) is 0. The Kier molecular flexibility index (Phi) is 5.14. The van der Waals surface area contributed by atoms with Crippen LogP contribution in [0.2, 0.25) is 10.0 Å². The van der Waals surface area contributed by atoms with Gasteiger partial charge in [-0.15, -0.1) is 11.3 Å². The zero-order valence-corrected chi connectivity index (χ0v) is 14.5. The summed E-state index contributed by atoms with van der Waals surface area (Å²) in [6.45, 7) is 0. The Labute approximate surface area is 136 Å². The van der Waals surface area contributed by atoms with Gasteiger partial charge in [-0.25, -0.2) is 0 Å². The first-order valence-electron chi connectivity index (χ1n) is 5.04. The van der Waals surface area contributed by atoms with E-state index in [-0.39, 0.29) is 0 Å². The van der Waals surface area contributed by atoms with Crippen molar-refractivity contribution in [1.82, 2.24) is 0 Å². The number of benzene rings is 1. The largest absolute Gasteiger partial charge is 0.388 e. The van der Waals surface area contributed by atoms with E-state index in [0.29, 0.717) is 16.5 Å². The van der Waals surface area contributed by atoms with Crippen LogP contribution < -0.4 is 0 Å². The Bertz CT molecular complexity index is 571. The Morgan fingerprint density at radius 1 is 1.17 bits per heavy atom. The van der Waals surface area contributed by atoms with E-state index in [1.54, 1.807) is 12.1 Å². The first-order chi connectivity index (χ1) is 8.47. The molecule has 1 heterocycles. The quantitative estimate of drug-likeness (QED) is 0.647. The molecule has 0 fully saturated rings. The molecule has 0 saturated heterocycles. The molecule has 2 aromatic rings. The lowest BCUT2D eigenvalue weighted by Gasteiger charge is -2.10. The van der Waals surface area contributed by atoms with Crippen LogP contribution in [0.1, 0.15) is 17.2 Å². The smallest absolute Gasteiger partial charge is 0.0849 e. The Hall–Kier alpha value is 0.420. The van der Waals surface area contributed by atoms with Gasteiger partial charge < -0.3 is 5.11 Å². The van der Waals surface area contributed by atoms with Crippen LogP contribution in [0.4, 0.5) is 0 Å². The van der Waals surface area contributed by atoms with Crippen LogP contribution >= 0.6 is 66.4 Å². The van der Waals surface area contributed by atoms with Gasteiger partial charge in [0.15, 0.2) is 0 Å². The molecule has 1 N–H and O–H groups in total. The van der Waals surface area contributed by atoms with E-state index in [9.17, 15) is 5.11 Å². The van der Waals surface area contributed by atoms with Gasteiger partial charge in [0.25, 0.3) is 0 Å². The maximum Gasteiger partial charge on any atom is 0.0849 e. The van der Waals surface area contributed by atoms with E-state index < -0.39 is 6.10 Å². The van der Waals surface area contributed by atoms with Crippen molar-refractivity contribution in [1.29, 1.82) is 0 Å². The predicted octanol–water partition coefficient (Wildman–Crippen LogP) is 5.86. The molecule has 0 aliphatic carbocycles. The van der Waals surface area contributed by atoms with Crippen LogP contribution in [0.25, 0.3) is 0 Å². The molecule has 1 aromatic heterocycles. The fraction of sp³-hybridized carbons (Fsp3) is 0.167. The predicted molar refractivity (Wildman–Crippen MR) is 84.8 cm³/mol. The van der Waals surface area contributed by atoms with Crippen LogP contribution in [0.15, 0.2) is 31.8 Å². The molecule has 1 unspecified atom stereocenters. The second kappa shape index (κ2) is 6.25. The third kappa shape index (κ3) is 3.50. The maximum absolute atomic E-state index is 10.2. The molecule has 1 atom stereocenters. The van der Waals surface area contributed by atoms with Gasteiger partial charge >= 0.3 is 0 Å². The first kappa shape index (κ1) is 14.8. The minimum absolute atomic E-state index is 0.499. The SMILES string of the molecule is OC(Cc1ccc(Cl)c(Cl)c1)c1cc(Br)sc1Br. The molecule has 6 heteroatoms. The second-order valence-electron chi connectivity index (χ2n) is 3.75. The molecule has 96 valence electrons. The highest BCUT2D eigenvalue weighted by molar-refractivity contribution is 9.12. The lowest BCUT2D eigenvalue weighted by Crippen LogP contribution is -2.01. The number of halogens is 4. The monoisotopic (exact) mass is 428 g/mol. The first-order valence-corrected chi connectivity index (χ1v) is 8.20. The van der Waals surface area contributed by atoms with Crippen molar-refractivity contribution in [2.45, 2.75) is 12.5 Å². The summed E-state index contributed by atoms with van der Waals surface area (Å²) in [5.41, 5.74) is 1.82. The second-order valence-corrected chi connectivity index (χ2v) is 8.31. The summed E-state index contributed by atoms with van der Waals surface area (Å²) in [7, 11) is 0.